The highest BCUT2D eigenvalue weighted by atomic mass is 35.5. The van der Waals surface area contributed by atoms with Crippen LogP contribution in [0.25, 0.3) is 0 Å². The van der Waals surface area contributed by atoms with Crippen LogP contribution in [-0.2, 0) is 4.74 Å². The second-order valence-electron chi connectivity index (χ2n) is 3.80. The molecule has 0 aliphatic rings. The largest absolute Gasteiger partial charge is 0.465 e. The van der Waals surface area contributed by atoms with Crippen molar-refractivity contribution in [2.45, 2.75) is 9.79 Å². The molecule has 0 aromatic heterocycles. The molecule has 2 aromatic rings. The Morgan fingerprint density at radius 3 is 2.74 bits per heavy atom. The number of anilines is 1. The number of carbonyl (C=O) groups excluding carboxylic acids is 1. The lowest BCUT2D eigenvalue weighted by atomic mass is 10.2. The number of nitrogens with two attached hydrogens (primary N) is 1. The lowest BCUT2D eigenvalue weighted by Gasteiger charge is -2.07. The Morgan fingerprint density at radius 2 is 2.05 bits per heavy atom. The Balaban J connectivity index is 2.26. The van der Waals surface area contributed by atoms with E-state index in [2.05, 4.69) is 0 Å². The van der Waals surface area contributed by atoms with E-state index in [9.17, 15) is 4.79 Å². The zero-order valence-corrected chi connectivity index (χ0v) is 11.8. The minimum atomic E-state index is -0.355. The molecule has 2 rings (SSSR count). The van der Waals surface area contributed by atoms with Gasteiger partial charge in [-0.1, -0.05) is 29.4 Å². The van der Waals surface area contributed by atoms with E-state index in [-0.39, 0.29) is 5.97 Å². The number of hydrogen-bond acceptors (Lipinski definition) is 4. The molecule has 0 heterocycles. The van der Waals surface area contributed by atoms with Crippen LogP contribution in [0.2, 0.25) is 5.02 Å². The van der Waals surface area contributed by atoms with Crippen molar-refractivity contribution in [1.82, 2.24) is 0 Å². The first-order valence-electron chi connectivity index (χ1n) is 5.51. The molecule has 19 heavy (non-hydrogen) atoms. The van der Waals surface area contributed by atoms with E-state index in [1.54, 1.807) is 30.3 Å². The van der Waals surface area contributed by atoms with E-state index in [4.69, 9.17) is 22.1 Å². The summed E-state index contributed by atoms with van der Waals surface area (Å²) in [7, 11) is 1.36. The molecule has 2 aromatic carbocycles. The molecule has 0 bridgehead atoms. The minimum absolute atomic E-state index is 0.355. The van der Waals surface area contributed by atoms with E-state index in [1.165, 1.54) is 18.9 Å². The third-order valence-electron chi connectivity index (χ3n) is 2.45. The number of nitrogen functional groups attached to an aromatic ring is 1. The first-order chi connectivity index (χ1) is 9.10. The van der Waals surface area contributed by atoms with Gasteiger partial charge in [-0.15, -0.1) is 0 Å². The number of ether oxygens (including phenoxy) is 1. The lowest BCUT2D eigenvalue weighted by Crippen LogP contribution is -2.00. The first-order valence-corrected chi connectivity index (χ1v) is 6.71. The molecular formula is C14H12ClNO2S. The number of methoxy groups -OCH3 is 1. The summed E-state index contributed by atoms with van der Waals surface area (Å²) in [5.74, 6) is -0.355. The van der Waals surface area contributed by atoms with Crippen LogP contribution in [0.5, 0.6) is 0 Å². The van der Waals surface area contributed by atoms with Gasteiger partial charge in [0, 0.05) is 20.5 Å². The molecule has 0 saturated heterocycles. The van der Waals surface area contributed by atoms with Crippen LogP contribution in [0.3, 0.4) is 0 Å². The Bertz CT molecular complexity index is 616. The van der Waals surface area contributed by atoms with Crippen LogP contribution in [0.15, 0.2) is 52.3 Å². The molecule has 2 N–H and O–H groups in total. The highest BCUT2D eigenvalue weighted by Crippen LogP contribution is 2.33. The Morgan fingerprint density at radius 1 is 1.26 bits per heavy atom. The number of hydrogen-bond donors (Lipinski definition) is 1. The van der Waals surface area contributed by atoms with Gasteiger partial charge < -0.3 is 10.5 Å². The zero-order chi connectivity index (χ0) is 13.8. The van der Waals surface area contributed by atoms with Gasteiger partial charge in [-0.25, -0.2) is 4.79 Å². The van der Waals surface area contributed by atoms with E-state index in [0.717, 1.165) is 9.79 Å². The van der Waals surface area contributed by atoms with Gasteiger partial charge in [0.05, 0.1) is 12.7 Å². The van der Waals surface area contributed by atoms with Crippen molar-refractivity contribution in [1.29, 1.82) is 0 Å². The SMILES string of the molecule is COC(=O)c1cccc(Sc2ccc(Cl)cc2N)c1. The van der Waals surface area contributed by atoms with Crippen LogP contribution < -0.4 is 5.73 Å². The van der Waals surface area contributed by atoms with Gasteiger partial charge in [0.25, 0.3) is 0 Å². The Labute approximate surface area is 120 Å². The third kappa shape index (κ3) is 3.43. The Kier molecular flexibility index (Phi) is 4.35. The fraction of sp³-hybridized carbons (Fsp3) is 0.0714. The molecule has 3 nitrogen and oxygen atoms in total. The molecular weight excluding hydrogens is 282 g/mol. The molecule has 0 aliphatic carbocycles. The topological polar surface area (TPSA) is 52.3 Å². The van der Waals surface area contributed by atoms with Gasteiger partial charge in [0.2, 0.25) is 0 Å². The highest BCUT2D eigenvalue weighted by Gasteiger charge is 2.08. The summed E-state index contributed by atoms with van der Waals surface area (Å²) in [6, 6.07) is 12.5. The van der Waals surface area contributed by atoms with Crippen molar-refractivity contribution < 1.29 is 9.53 Å². The molecule has 98 valence electrons. The molecule has 0 fully saturated rings. The van der Waals surface area contributed by atoms with Gasteiger partial charge in [0.15, 0.2) is 0 Å². The van der Waals surface area contributed by atoms with Crippen LogP contribution in [-0.4, -0.2) is 13.1 Å². The number of esters is 1. The minimum Gasteiger partial charge on any atom is -0.465 e. The summed E-state index contributed by atoms with van der Waals surface area (Å²) in [5.41, 5.74) is 7.02. The zero-order valence-electron chi connectivity index (χ0n) is 10.2. The second-order valence-corrected chi connectivity index (χ2v) is 5.36. The van der Waals surface area contributed by atoms with Crippen molar-refractivity contribution in [2.24, 2.45) is 0 Å². The lowest BCUT2D eigenvalue weighted by molar-refractivity contribution is 0.0600. The van der Waals surface area contributed by atoms with Gasteiger partial charge >= 0.3 is 5.97 Å². The number of benzene rings is 2. The average Bonchev–Trinajstić information content (AvgIpc) is 2.41. The Hall–Kier alpha value is -1.65. The third-order valence-corrected chi connectivity index (χ3v) is 3.77. The van der Waals surface area contributed by atoms with Crippen molar-refractivity contribution >= 4 is 35.0 Å². The summed E-state index contributed by atoms with van der Waals surface area (Å²) >= 11 is 7.33. The molecule has 0 spiro atoms. The van der Waals surface area contributed by atoms with Crippen LogP contribution in [0.1, 0.15) is 10.4 Å². The monoisotopic (exact) mass is 293 g/mol. The molecule has 0 amide bonds. The molecule has 0 unspecified atom stereocenters. The molecule has 0 atom stereocenters. The van der Waals surface area contributed by atoms with E-state index in [1.807, 2.05) is 12.1 Å². The van der Waals surface area contributed by atoms with Crippen LogP contribution in [0.4, 0.5) is 5.69 Å². The van der Waals surface area contributed by atoms with Gasteiger partial charge in [-0.05, 0) is 36.4 Å². The van der Waals surface area contributed by atoms with Crippen molar-refractivity contribution in [3.05, 3.63) is 53.1 Å². The normalized spacial score (nSPS) is 10.2. The number of halogens is 1. The van der Waals surface area contributed by atoms with Crippen molar-refractivity contribution in [3.8, 4) is 0 Å². The number of rotatable bonds is 3. The molecule has 0 saturated carbocycles. The fourth-order valence-corrected chi connectivity index (χ4v) is 2.62. The predicted molar refractivity (Wildman–Crippen MR) is 77.8 cm³/mol. The second kappa shape index (κ2) is 5.99. The van der Waals surface area contributed by atoms with Crippen molar-refractivity contribution in [2.75, 3.05) is 12.8 Å². The van der Waals surface area contributed by atoms with E-state index in [0.29, 0.717) is 16.3 Å². The standard InChI is InChI=1S/C14H12ClNO2S/c1-18-14(17)9-3-2-4-11(7-9)19-13-6-5-10(15)8-12(13)16/h2-8H,16H2,1H3. The first kappa shape index (κ1) is 13.8. The summed E-state index contributed by atoms with van der Waals surface area (Å²) in [6.45, 7) is 0. The number of carbonyl (C=O) groups is 1. The summed E-state index contributed by atoms with van der Waals surface area (Å²) in [5, 5.41) is 0.602. The maximum absolute atomic E-state index is 11.5. The molecule has 0 radical (unpaired) electrons. The molecule has 5 heteroatoms. The van der Waals surface area contributed by atoms with E-state index >= 15 is 0 Å². The predicted octanol–water partition coefficient (Wildman–Crippen LogP) is 3.86. The highest BCUT2D eigenvalue weighted by molar-refractivity contribution is 7.99. The van der Waals surface area contributed by atoms with Crippen LogP contribution in [0, 0.1) is 0 Å². The quantitative estimate of drug-likeness (QED) is 0.689. The average molecular weight is 294 g/mol. The van der Waals surface area contributed by atoms with Crippen molar-refractivity contribution in [3.63, 3.8) is 0 Å². The van der Waals surface area contributed by atoms with E-state index < -0.39 is 0 Å². The maximum Gasteiger partial charge on any atom is 0.337 e. The molecule has 0 aliphatic heterocycles. The summed E-state index contributed by atoms with van der Waals surface area (Å²) in [6.07, 6.45) is 0. The summed E-state index contributed by atoms with van der Waals surface area (Å²) < 4.78 is 4.69. The van der Waals surface area contributed by atoms with Crippen LogP contribution >= 0.6 is 23.4 Å². The maximum atomic E-state index is 11.5. The van der Waals surface area contributed by atoms with Gasteiger partial charge in [-0.3, -0.25) is 0 Å². The summed E-state index contributed by atoms with van der Waals surface area (Å²) in [4.78, 5) is 13.3. The van der Waals surface area contributed by atoms with Gasteiger partial charge in [0.1, 0.15) is 0 Å². The fourth-order valence-electron chi connectivity index (χ4n) is 1.54. The smallest absolute Gasteiger partial charge is 0.337 e. The van der Waals surface area contributed by atoms with Gasteiger partial charge in [-0.2, -0.15) is 0 Å².